The minimum Gasteiger partial charge on any atom is -0.341 e. The van der Waals surface area contributed by atoms with Crippen LogP contribution in [-0.4, -0.2) is 29.9 Å². The quantitative estimate of drug-likeness (QED) is 0.691. The zero-order chi connectivity index (χ0) is 10.8. The average molecular weight is 198 g/mol. The van der Waals surface area contributed by atoms with Crippen molar-refractivity contribution in [2.45, 2.75) is 46.1 Å². The van der Waals surface area contributed by atoms with Crippen LogP contribution in [-0.2, 0) is 4.79 Å². The summed E-state index contributed by atoms with van der Waals surface area (Å²) in [6, 6.07) is 0.188. The van der Waals surface area contributed by atoms with Gasteiger partial charge in [0.05, 0.1) is 0 Å². The molecule has 0 aromatic carbocycles. The summed E-state index contributed by atoms with van der Waals surface area (Å²) in [5.41, 5.74) is 5.91. The van der Waals surface area contributed by atoms with E-state index in [4.69, 9.17) is 5.73 Å². The summed E-state index contributed by atoms with van der Waals surface area (Å²) in [4.78, 5) is 13.7. The van der Waals surface area contributed by atoms with Gasteiger partial charge in [0.2, 0.25) is 5.91 Å². The number of carbonyl (C=O) groups is 1. The predicted octanol–water partition coefficient (Wildman–Crippen LogP) is 1.37. The molecule has 1 aliphatic heterocycles. The molecule has 82 valence electrons. The lowest BCUT2D eigenvalue weighted by Gasteiger charge is -2.32. The first-order valence-electron chi connectivity index (χ1n) is 5.42. The normalized spacial score (nSPS) is 23.7. The zero-order valence-corrected chi connectivity index (χ0v) is 9.55. The molecule has 1 atom stereocenters. The van der Waals surface area contributed by atoms with Gasteiger partial charge in [-0.3, -0.25) is 4.79 Å². The van der Waals surface area contributed by atoms with Crippen molar-refractivity contribution >= 4 is 5.91 Å². The largest absolute Gasteiger partial charge is 0.341 e. The van der Waals surface area contributed by atoms with E-state index in [9.17, 15) is 4.79 Å². The van der Waals surface area contributed by atoms with Crippen LogP contribution < -0.4 is 5.73 Å². The fourth-order valence-electron chi connectivity index (χ4n) is 1.80. The Bertz CT molecular complexity index is 208. The monoisotopic (exact) mass is 198 g/mol. The molecule has 3 nitrogen and oxygen atoms in total. The molecule has 1 rings (SSSR count). The lowest BCUT2D eigenvalue weighted by molar-refractivity contribution is -0.134. The van der Waals surface area contributed by atoms with E-state index < -0.39 is 0 Å². The maximum atomic E-state index is 11.8. The molecular weight excluding hydrogens is 176 g/mol. The molecule has 0 aromatic heterocycles. The molecule has 14 heavy (non-hydrogen) atoms. The first-order chi connectivity index (χ1) is 6.38. The summed E-state index contributed by atoms with van der Waals surface area (Å²) in [6.07, 6.45) is 2.73. The molecule has 1 amide bonds. The van der Waals surface area contributed by atoms with Gasteiger partial charge in [-0.15, -0.1) is 0 Å². The van der Waals surface area contributed by atoms with Crippen LogP contribution in [0.25, 0.3) is 0 Å². The fraction of sp³-hybridized carbons (Fsp3) is 0.909. The Balaban J connectivity index is 2.44. The third kappa shape index (κ3) is 3.66. The summed E-state index contributed by atoms with van der Waals surface area (Å²) in [6.45, 7) is 7.91. The van der Waals surface area contributed by atoms with Crippen molar-refractivity contribution in [2.75, 3.05) is 13.1 Å². The molecule has 0 aromatic rings. The molecular formula is C11H22N2O. The van der Waals surface area contributed by atoms with Crippen molar-refractivity contribution in [2.24, 2.45) is 11.1 Å². The van der Waals surface area contributed by atoms with E-state index in [0.717, 1.165) is 25.9 Å². The molecule has 0 radical (unpaired) electrons. The first-order valence-corrected chi connectivity index (χ1v) is 5.42. The highest BCUT2D eigenvalue weighted by atomic mass is 16.2. The van der Waals surface area contributed by atoms with E-state index in [-0.39, 0.29) is 17.4 Å². The number of hydrogen-bond acceptors (Lipinski definition) is 2. The lowest BCUT2D eigenvalue weighted by Crippen LogP contribution is -2.46. The van der Waals surface area contributed by atoms with Crippen LogP contribution in [0.4, 0.5) is 0 Å². The highest BCUT2D eigenvalue weighted by molar-refractivity contribution is 5.76. The van der Waals surface area contributed by atoms with Crippen molar-refractivity contribution in [3.05, 3.63) is 0 Å². The van der Waals surface area contributed by atoms with E-state index in [0.29, 0.717) is 6.42 Å². The zero-order valence-electron chi connectivity index (χ0n) is 9.55. The third-order valence-electron chi connectivity index (χ3n) is 2.49. The molecule has 1 heterocycles. The van der Waals surface area contributed by atoms with Crippen LogP contribution in [0.5, 0.6) is 0 Å². The molecule has 0 spiro atoms. The Kier molecular flexibility index (Phi) is 3.53. The standard InChI is InChI=1S/C11H22N2O/c1-11(2,3)7-10(14)13-6-4-5-9(12)8-13/h9H,4-8,12H2,1-3H3/t9-/m1/s1. The molecule has 1 saturated heterocycles. The van der Waals surface area contributed by atoms with Crippen LogP contribution in [0.2, 0.25) is 0 Å². The van der Waals surface area contributed by atoms with Crippen molar-refractivity contribution in [3.63, 3.8) is 0 Å². The molecule has 0 saturated carbocycles. The van der Waals surface area contributed by atoms with Crippen LogP contribution in [0.15, 0.2) is 0 Å². The summed E-state index contributed by atoms with van der Waals surface area (Å²) in [7, 11) is 0. The number of nitrogens with two attached hydrogens (primary N) is 1. The third-order valence-corrected chi connectivity index (χ3v) is 2.49. The molecule has 0 bridgehead atoms. The molecule has 3 heteroatoms. The molecule has 1 aliphatic rings. The Labute approximate surface area is 86.6 Å². The van der Waals surface area contributed by atoms with Gasteiger partial charge in [-0.2, -0.15) is 0 Å². The first kappa shape index (κ1) is 11.5. The van der Waals surface area contributed by atoms with Gasteiger partial charge in [-0.25, -0.2) is 0 Å². The van der Waals surface area contributed by atoms with Gasteiger partial charge in [0.25, 0.3) is 0 Å². The van der Waals surface area contributed by atoms with Gasteiger partial charge >= 0.3 is 0 Å². The van der Waals surface area contributed by atoms with Gasteiger partial charge in [0.1, 0.15) is 0 Å². The molecule has 0 aliphatic carbocycles. The maximum absolute atomic E-state index is 11.8. The number of carbonyl (C=O) groups excluding carboxylic acids is 1. The van der Waals surface area contributed by atoms with Gasteiger partial charge in [-0.1, -0.05) is 20.8 Å². The van der Waals surface area contributed by atoms with Crippen molar-refractivity contribution in [1.82, 2.24) is 4.90 Å². The summed E-state index contributed by atoms with van der Waals surface area (Å²) in [5, 5.41) is 0. The maximum Gasteiger partial charge on any atom is 0.223 e. The van der Waals surface area contributed by atoms with Crippen LogP contribution >= 0.6 is 0 Å². The number of rotatable bonds is 1. The second kappa shape index (κ2) is 4.30. The summed E-state index contributed by atoms with van der Waals surface area (Å²) >= 11 is 0. The number of amides is 1. The van der Waals surface area contributed by atoms with Crippen LogP contribution in [0.3, 0.4) is 0 Å². The Hall–Kier alpha value is -0.570. The van der Waals surface area contributed by atoms with E-state index in [1.165, 1.54) is 0 Å². The van der Waals surface area contributed by atoms with Crippen molar-refractivity contribution < 1.29 is 4.79 Å². The minimum absolute atomic E-state index is 0.0820. The minimum atomic E-state index is 0.0820. The Morgan fingerprint density at radius 2 is 2.14 bits per heavy atom. The molecule has 1 fully saturated rings. The predicted molar refractivity (Wildman–Crippen MR) is 57.9 cm³/mol. The lowest BCUT2D eigenvalue weighted by atomic mass is 9.91. The second-order valence-corrected chi connectivity index (χ2v) is 5.48. The van der Waals surface area contributed by atoms with E-state index in [1.807, 2.05) is 4.90 Å². The summed E-state index contributed by atoms with van der Waals surface area (Å²) in [5.74, 6) is 0.257. The second-order valence-electron chi connectivity index (χ2n) is 5.48. The number of piperidine rings is 1. The average Bonchev–Trinajstić information content (AvgIpc) is 2.01. The number of hydrogen-bond donors (Lipinski definition) is 1. The van der Waals surface area contributed by atoms with E-state index in [2.05, 4.69) is 20.8 Å². The van der Waals surface area contributed by atoms with Gasteiger partial charge < -0.3 is 10.6 Å². The summed E-state index contributed by atoms with van der Waals surface area (Å²) < 4.78 is 0. The Morgan fingerprint density at radius 1 is 1.50 bits per heavy atom. The van der Waals surface area contributed by atoms with Crippen molar-refractivity contribution in [1.29, 1.82) is 0 Å². The fourth-order valence-corrected chi connectivity index (χ4v) is 1.80. The van der Waals surface area contributed by atoms with E-state index >= 15 is 0 Å². The SMILES string of the molecule is CC(C)(C)CC(=O)N1CCC[C@@H](N)C1. The topological polar surface area (TPSA) is 46.3 Å². The number of nitrogens with zero attached hydrogens (tertiary/aromatic N) is 1. The highest BCUT2D eigenvalue weighted by Gasteiger charge is 2.24. The highest BCUT2D eigenvalue weighted by Crippen LogP contribution is 2.21. The number of likely N-dealkylation sites (tertiary alicyclic amines) is 1. The Morgan fingerprint density at radius 3 is 2.64 bits per heavy atom. The van der Waals surface area contributed by atoms with Gasteiger partial charge in [-0.05, 0) is 18.3 Å². The van der Waals surface area contributed by atoms with Gasteiger partial charge in [0.15, 0.2) is 0 Å². The van der Waals surface area contributed by atoms with E-state index in [1.54, 1.807) is 0 Å². The smallest absolute Gasteiger partial charge is 0.223 e. The molecule has 0 unspecified atom stereocenters. The molecule has 2 N–H and O–H groups in total. The van der Waals surface area contributed by atoms with Crippen LogP contribution in [0, 0.1) is 5.41 Å². The van der Waals surface area contributed by atoms with Gasteiger partial charge in [0, 0.05) is 25.6 Å². The van der Waals surface area contributed by atoms with Crippen LogP contribution in [0.1, 0.15) is 40.0 Å². The van der Waals surface area contributed by atoms with Crippen molar-refractivity contribution in [3.8, 4) is 0 Å².